The van der Waals surface area contributed by atoms with Crippen LogP contribution in [0.15, 0.2) is 35.2 Å². The topological polar surface area (TPSA) is 69.7 Å². The lowest BCUT2D eigenvalue weighted by Crippen LogP contribution is -2.50. The molecule has 6 nitrogen and oxygen atoms in total. The molecule has 1 amide bonds. The molecule has 0 saturated carbocycles. The predicted molar refractivity (Wildman–Crippen MR) is 120 cm³/mol. The number of nitrogens with one attached hydrogen (secondary N) is 1. The Kier molecular flexibility index (Phi) is 6.65. The van der Waals surface area contributed by atoms with Gasteiger partial charge in [-0.15, -0.1) is 0 Å². The number of benzene rings is 2. The summed E-state index contributed by atoms with van der Waals surface area (Å²) in [5, 5.41) is 2.91. The largest absolute Gasteiger partial charge is 0.325 e. The lowest BCUT2D eigenvalue weighted by molar-refractivity contribution is -0.117. The maximum atomic E-state index is 13.4. The molecular formula is C23H31N3O3S. The van der Waals surface area contributed by atoms with Gasteiger partial charge in [0.2, 0.25) is 15.9 Å². The Hall–Kier alpha value is -2.22. The first kappa shape index (κ1) is 22.5. The van der Waals surface area contributed by atoms with Crippen molar-refractivity contribution in [1.82, 2.24) is 9.21 Å². The van der Waals surface area contributed by atoms with E-state index in [4.69, 9.17) is 0 Å². The van der Waals surface area contributed by atoms with Gasteiger partial charge < -0.3 is 5.32 Å². The highest BCUT2D eigenvalue weighted by Gasteiger charge is 2.32. The standard InChI is InChI=1S/C23H31N3O3S/c1-16-7-6-8-21(13-16)24-22(27)15-25-9-11-26(12-10-25)30(28,29)23-19(4)17(2)14-18(3)20(23)5/h6-8,13-14H,9-12,15H2,1-5H3,(H,24,27). The molecule has 1 aliphatic rings. The van der Waals surface area contributed by atoms with Gasteiger partial charge in [0, 0.05) is 31.9 Å². The predicted octanol–water partition coefficient (Wildman–Crippen LogP) is 3.17. The van der Waals surface area contributed by atoms with Gasteiger partial charge in [-0.25, -0.2) is 8.42 Å². The Morgan fingerprint density at radius 1 is 0.933 bits per heavy atom. The van der Waals surface area contributed by atoms with Gasteiger partial charge in [0.15, 0.2) is 0 Å². The lowest BCUT2D eigenvalue weighted by atomic mass is 10.0. The van der Waals surface area contributed by atoms with Crippen LogP contribution in [-0.4, -0.2) is 56.3 Å². The molecule has 0 radical (unpaired) electrons. The number of nitrogens with zero attached hydrogens (tertiary/aromatic N) is 2. The quantitative estimate of drug-likeness (QED) is 0.793. The summed E-state index contributed by atoms with van der Waals surface area (Å²) in [6, 6.07) is 9.72. The molecule has 0 aliphatic carbocycles. The van der Waals surface area contributed by atoms with Gasteiger partial charge in [0.1, 0.15) is 0 Å². The normalized spacial score (nSPS) is 15.9. The lowest BCUT2D eigenvalue weighted by Gasteiger charge is -2.34. The monoisotopic (exact) mass is 429 g/mol. The van der Waals surface area contributed by atoms with Crippen molar-refractivity contribution in [3.05, 3.63) is 58.1 Å². The van der Waals surface area contributed by atoms with E-state index >= 15 is 0 Å². The Balaban J connectivity index is 1.65. The fourth-order valence-electron chi connectivity index (χ4n) is 3.95. The molecule has 30 heavy (non-hydrogen) atoms. The SMILES string of the molecule is Cc1cccc(NC(=O)CN2CCN(S(=O)(=O)c3c(C)c(C)cc(C)c3C)CC2)c1. The zero-order valence-electron chi connectivity index (χ0n) is 18.4. The van der Waals surface area contributed by atoms with Crippen LogP contribution in [0.25, 0.3) is 0 Å². The summed E-state index contributed by atoms with van der Waals surface area (Å²) in [5.74, 6) is -0.0853. The first-order valence-electron chi connectivity index (χ1n) is 10.3. The third-order valence-corrected chi connectivity index (χ3v) is 8.07. The highest BCUT2D eigenvalue weighted by atomic mass is 32.2. The molecule has 0 unspecified atom stereocenters. The van der Waals surface area contributed by atoms with E-state index in [2.05, 4.69) is 5.32 Å². The van der Waals surface area contributed by atoms with Crippen LogP contribution in [0.1, 0.15) is 27.8 Å². The van der Waals surface area contributed by atoms with Gasteiger partial charge >= 0.3 is 0 Å². The average molecular weight is 430 g/mol. The van der Waals surface area contributed by atoms with E-state index in [0.29, 0.717) is 31.1 Å². The Labute approximate surface area is 179 Å². The molecule has 1 heterocycles. The number of carbonyl (C=O) groups is 1. The molecule has 0 spiro atoms. The highest BCUT2D eigenvalue weighted by Crippen LogP contribution is 2.29. The van der Waals surface area contributed by atoms with Crippen LogP contribution in [-0.2, 0) is 14.8 Å². The summed E-state index contributed by atoms with van der Waals surface area (Å²) < 4.78 is 28.3. The van der Waals surface area contributed by atoms with Gasteiger partial charge in [0.05, 0.1) is 11.4 Å². The van der Waals surface area contributed by atoms with Crippen molar-refractivity contribution in [2.45, 2.75) is 39.5 Å². The minimum atomic E-state index is -3.57. The smallest absolute Gasteiger partial charge is 0.243 e. The third kappa shape index (κ3) is 4.74. The van der Waals surface area contributed by atoms with Crippen molar-refractivity contribution >= 4 is 21.6 Å². The molecule has 162 valence electrons. The van der Waals surface area contributed by atoms with Crippen LogP contribution in [0.5, 0.6) is 0 Å². The molecular weight excluding hydrogens is 398 g/mol. The number of hydrogen-bond acceptors (Lipinski definition) is 4. The Morgan fingerprint density at radius 2 is 1.53 bits per heavy atom. The van der Waals surface area contributed by atoms with E-state index in [0.717, 1.165) is 33.5 Å². The molecule has 1 saturated heterocycles. The number of hydrogen-bond donors (Lipinski definition) is 1. The van der Waals surface area contributed by atoms with Crippen LogP contribution in [0.3, 0.4) is 0 Å². The van der Waals surface area contributed by atoms with Crippen LogP contribution in [0.4, 0.5) is 5.69 Å². The van der Waals surface area contributed by atoms with Crippen LogP contribution < -0.4 is 5.32 Å². The third-order valence-electron chi connectivity index (χ3n) is 5.90. The maximum absolute atomic E-state index is 13.4. The minimum Gasteiger partial charge on any atom is -0.325 e. The molecule has 0 aromatic heterocycles. The van der Waals surface area contributed by atoms with Crippen LogP contribution in [0, 0.1) is 34.6 Å². The van der Waals surface area contributed by atoms with E-state index in [9.17, 15) is 13.2 Å². The molecule has 3 rings (SSSR count). The number of sulfonamides is 1. The zero-order chi connectivity index (χ0) is 22.1. The highest BCUT2D eigenvalue weighted by molar-refractivity contribution is 7.89. The molecule has 2 aromatic carbocycles. The van der Waals surface area contributed by atoms with Crippen LogP contribution in [0.2, 0.25) is 0 Å². The van der Waals surface area contributed by atoms with Gasteiger partial charge in [-0.1, -0.05) is 18.2 Å². The van der Waals surface area contributed by atoms with E-state index in [1.165, 1.54) is 0 Å². The van der Waals surface area contributed by atoms with Crippen molar-refractivity contribution < 1.29 is 13.2 Å². The number of amides is 1. The summed E-state index contributed by atoms with van der Waals surface area (Å²) >= 11 is 0. The molecule has 1 N–H and O–H groups in total. The summed E-state index contributed by atoms with van der Waals surface area (Å²) in [6.07, 6.45) is 0. The van der Waals surface area contributed by atoms with E-state index in [1.54, 1.807) is 4.31 Å². The number of anilines is 1. The first-order valence-corrected chi connectivity index (χ1v) is 11.7. The molecule has 2 aromatic rings. The van der Waals surface area contributed by atoms with Crippen molar-refractivity contribution in [3.63, 3.8) is 0 Å². The number of rotatable bonds is 5. The maximum Gasteiger partial charge on any atom is 0.243 e. The fourth-order valence-corrected chi connectivity index (χ4v) is 5.95. The molecule has 7 heteroatoms. The minimum absolute atomic E-state index is 0.0853. The van der Waals surface area contributed by atoms with Crippen LogP contribution >= 0.6 is 0 Å². The van der Waals surface area contributed by atoms with Gasteiger partial charge in [-0.2, -0.15) is 4.31 Å². The second-order valence-electron chi connectivity index (χ2n) is 8.19. The number of piperazine rings is 1. The van der Waals surface area contributed by atoms with Crippen molar-refractivity contribution in [3.8, 4) is 0 Å². The zero-order valence-corrected chi connectivity index (χ0v) is 19.3. The summed E-state index contributed by atoms with van der Waals surface area (Å²) in [7, 11) is -3.57. The summed E-state index contributed by atoms with van der Waals surface area (Å²) in [6.45, 7) is 11.7. The van der Waals surface area contributed by atoms with Crippen molar-refractivity contribution in [1.29, 1.82) is 0 Å². The van der Waals surface area contributed by atoms with E-state index in [1.807, 2.05) is 69.9 Å². The molecule has 1 aliphatic heterocycles. The van der Waals surface area contributed by atoms with Gasteiger partial charge in [0.25, 0.3) is 0 Å². The van der Waals surface area contributed by atoms with Gasteiger partial charge in [-0.05, 0) is 74.6 Å². The molecule has 0 bridgehead atoms. The molecule has 1 fully saturated rings. The second-order valence-corrected chi connectivity index (χ2v) is 10.1. The van der Waals surface area contributed by atoms with Crippen molar-refractivity contribution in [2.75, 3.05) is 38.0 Å². The Bertz CT molecular complexity index is 1030. The second kappa shape index (κ2) is 8.88. The summed E-state index contributed by atoms with van der Waals surface area (Å²) in [4.78, 5) is 14.8. The van der Waals surface area contributed by atoms with Crippen molar-refractivity contribution in [2.24, 2.45) is 0 Å². The van der Waals surface area contributed by atoms with E-state index in [-0.39, 0.29) is 12.5 Å². The first-order chi connectivity index (χ1) is 14.1. The molecule has 0 atom stereocenters. The van der Waals surface area contributed by atoms with Gasteiger partial charge in [-0.3, -0.25) is 9.69 Å². The number of carbonyl (C=O) groups excluding carboxylic acids is 1. The average Bonchev–Trinajstić information content (AvgIpc) is 2.67. The summed E-state index contributed by atoms with van der Waals surface area (Å²) in [5.41, 5.74) is 5.48. The fraction of sp³-hybridized carbons (Fsp3) is 0.435. The van der Waals surface area contributed by atoms with E-state index < -0.39 is 10.0 Å². The number of aryl methyl sites for hydroxylation is 3. The Morgan fingerprint density at radius 3 is 2.10 bits per heavy atom.